The zero-order valence-corrected chi connectivity index (χ0v) is 20.7. The number of halogens is 1. The molecule has 0 aromatic heterocycles. The van der Waals surface area contributed by atoms with Crippen LogP contribution in [0.15, 0.2) is 66.7 Å². The highest BCUT2D eigenvalue weighted by atomic mass is 35.5. The molecule has 184 valence electrons. The lowest BCUT2D eigenvalue weighted by atomic mass is 10.1. The number of hydrogen-bond donors (Lipinski definition) is 2. The van der Waals surface area contributed by atoms with Gasteiger partial charge in [-0.1, -0.05) is 48.9 Å². The van der Waals surface area contributed by atoms with E-state index in [1.807, 2.05) is 25.1 Å². The van der Waals surface area contributed by atoms with E-state index in [9.17, 15) is 9.59 Å². The summed E-state index contributed by atoms with van der Waals surface area (Å²) >= 11 is 6.16. The number of hydrogen-bond acceptors (Lipinski definition) is 5. The number of ether oxygens (including phenoxy) is 3. The molecule has 0 unspecified atom stereocenters. The summed E-state index contributed by atoms with van der Waals surface area (Å²) in [5.74, 6) is 1.06. The van der Waals surface area contributed by atoms with Crippen LogP contribution in [0, 0.1) is 0 Å². The van der Waals surface area contributed by atoms with Gasteiger partial charge >= 0.3 is 0 Å². The molecule has 0 radical (unpaired) electrons. The zero-order chi connectivity index (χ0) is 25.2. The summed E-state index contributed by atoms with van der Waals surface area (Å²) in [5, 5.41) is 6.15. The van der Waals surface area contributed by atoms with Gasteiger partial charge in [-0.25, -0.2) is 0 Å². The second-order valence-corrected chi connectivity index (χ2v) is 8.08. The highest BCUT2D eigenvalue weighted by molar-refractivity contribution is 6.32. The summed E-state index contributed by atoms with van der Waals surface area (Å²) in [6.07, 6.45) is 0.261. The van der Waals surface area contributed by atoms with E-state index in [0.717, 1.165) is 5.56 Å². The van der Waals surface area contributed by atoms with Crippen LogP contribution in [0.5, 0.6) is 17.2 Å². The van der Waals surface area contributed by atoms with Crippen molar-refractivity contribution in [1.29, 1.82) is 0 Å². The number of para-hydroxylation sites is 2. The Morgan fingerprint density at radius 2 is 1.63 bits per heavy atom. The van der Waals surface area contributed by atoms with Crippen LogP contribution in [0.4, 0.5) is 5.69 Å². The van der Waals surface area contributed by atoms with E-state index in [-0.39, 0.29) is 11.8 Å². The van der Waals surface area contributed by atoms with Crippen molar-refractivity contribution >= 4 is 29.1 Å². The summed E-state index contributed by atoms with van der Waals surface area (Å²) in [6, 6.07) is 19.5. The Bertz CT molecular complexity index is 1170. The van der Waals surface area contributed by atoms with Crippen molar-refractivity contribution in [1.82, 2.24) is 5.32 Å². The van der Waals surface area contributed by atoms with Crippen LogP contribution in [0.25, 0.3) is 0 Å². The van der Waals surface area contributed by atoms with E-state index in [0.29, 0.717) is 52.9 Å². The fraction of sp³-hybridized carbons (Fsp3) is 0.259. The molecule has 3 aromatic carbocycles. The number of carbonyl (C=O) groups is 2. The standard InChI is InChI=1S/C27H29ClN2O5/c1-4-22(35-23-12-8-6-10-20(23)28)27(32)30-21-11-7-5-9-19(21)26(31)29-16-15-18-13-14-24(33-2)25(17-18)34-3/h5-14,17,22H,4,15-16H2,1-3H3,(H,29,31)(H,30,32)/t22-/m1/s1. The van der Waals surface area contributed by atoms with Gasteiger partial charge in [-0.15, -0.1) is 0 Å². The molecular formula is C27H29ClN2O5. The van der Waals surface area contributed by atoms with Crippen LogP contribution in [-0.4, -0.2) is 38.7 Å². The minimum atomic E-state index is -0.768. The van der Waals surface area contributed by atoms with Gasteiger partial charge < -0.3 is 24.8 Å². The van der Waals surface area contributed by atoms with Crippen molar-refractivity contribution in [2.24, 2.45) is 0 Å². The molecule has 2 amide bonds. The predicted molar refractivity (Wildman–Crippen MR) is 137 cm³/mol. The van der Waals surface area contributed by atoms with Crippen LogP contribution in [0.2, 0.25) is 5.02 Å². The third-order valence-corrected chi connectivity index (χ3v) is 5.66. The first-order chi connectivity index (χ1) is 17.0. The van der Waals surface area contributed by atoms with E-state index in [1.54, 1.807) is 62.8 Å². The maximum absolute atomic E-state index is 12.9. The number of methoxy groups -OCH3 is 2. The van der Waals surface area contributed by atoms with Crippen LogP contribution in [0.1, 0.15) is 29.3 Å². The first-order valence-electron chi connectivity index (χ1n) is 11.3. The van der Waals surface area contributed by atoms with E-state index in [1.165, 1.54) is 0 Å². The van der Waals surface area contributed by atoms with Gasteiger partial charge in [0.05, 0.1) is 30.5 Å². The summed E-state index contributed by atoms with van der Waals surface area (Å²) in [4.78, 5) is 25.8. The second-order valence-electron chi connectivity index (χ2n) is 7.68. The molecule has 0 heterocycles. The summed E-state index contributed by atoms with van der Waals surface area (Å²) in [7, 11) is 3.16. The first kappa shape index (κ1) is 25.9. The van der Waals surface area contributed by atoms with Gasteiger partial charge in [-0.3, -0.25) is 9.59 Å². The maximum atomic E-state index is 12.9. The topological polar surface area (TPSA) is 85.9 Å². The SMILES string of the molecule is CC[C@@H](Oc1ccccc1Cl)C(=O)Nc1ccccc1C(=O)NCCc1ccc(OC)c(OC)c1. The van der Waals surface area contributed by atoms with Gasteiger partial charge in [-0.05, 0) is 54.8 Å². The van der Waals surface area contributed by atoms with Gasteiger partial charge in [0.15, 0.2) is 17.6 Å². The molecule has 0 aliphatic carbocycles. The molecule has 35 heavy (non-hydrogen) atoms. The van der Waals surface area contributed by atoms with Gasteiger partial charge in [0.1, 0.15) is 5.75 Å². The number of carbonyl (C=O) groups excluding carboxylic acids is 2. The van der Waals surface area contributed by atoms with E-state index in [2.05, 4.69) is 10.6 Å². The predicted octanol–water partition coefficient (Wildman–Crippen LogP) is 5.13. The van der Waals surface area contributed by atoms with Crippen molar-refractivity contribution in [2.75, 3.05) is 26.1 Å². The average Bonchev–Trinajstić information content (AvgIpc) is 2.88. The van der Waals surface area contributed by atoms with Gasteiger partial charge in [0, 0.05) is 6.54 Å². The molecule has 0 saturated heterocycles. The Morgan fingerprint density at radius 1 is 0.914 bits per heavy atom. The molecule has 0 spiro atoms. The van der Waals surface area contributed by atoms with Crippen LogP contribution in [0.3, 0.4) is 0 Å². The Balaban J connectivity index is 1.63. The largest absolute Gasteiger partial charge is 0.493 e. The summed E-state index contributed by atoms with van der Waals surface area (Å²) in [5.41, 5.74) is 1.76. The Kier molecular flexibility index (Phi) is 9.38. The molecule has 2 N–H and O–H groups in total. The lowest BCUT2D eigenvalue weighted by molar-refractivity contribution is -0.122. The maximum Gasteiger partial charge on any atom is 0.265 e. The molecule has 0 aliphatic rings. The average molecular weight is 497 g/mol. The molecule has 3 aromatic rings. The molecule has 0 fully saturated rings. The number of anilines is 1. The van der Waals surface area contributed by atoms with Crippen molar-refractivity contribution < 1.29 is 23.8 Å². The number of benzene rings is 3. The highest BCUT2D eigenvalue weighted by Crippen LogP contribution is 2.28. The lowest BCUT2D eigenvalue weighted by Crippen LogP contribution is -2.33. The fourth-order valence-corrected chi connectivity index (χ4v) is 3.65. The van der Waals surface area contributed by atoms with Gasteiger partial charge in [0.2, 0.25) is 0 Å². The lowest BCUT2D eigenvalue weighted by Gasteiger charge is -2.19. The van der Waals surface area contributed by atoms with Gasteiger partial charge in [0.25, 0.3) is 11.8 Å². The van der Waals surface area contributed by atoms with Gasteiger partial charge in [-0.2, -0.15) is 0 Å². The molecule has 1 atom stereocenters. The second kappa shape index (κ2) is 12.7. The fourth-order valence-electron chi connectivity index (χ4n) is 3.47. The van der Waals surface area contributed by atoms with Crippen molar-refractivity contribution in [3.8, 4) is 17.2 Å². The molecule has 8 heteroatoms. The van der Waals surface area contributed by atoms with E-state index in [4.69, 9.17) is 25.8 Å². The third kappa shape index (κ3) is 6.90. The minimum Gasteiger partial charge on any atom is -0.493 e. The Hall–Kier alpha value is -3.71. The molecule has 0 aliphatic heterocycles. The Morgan fingerprint density at radius 3 is 2.34 bits per heavy atom. The molecule has 3 rings (SSSR count). The van der Waals surface area contributed by atoms with Crippen molar-refractivity contribution in [2.45, 2.75) is 25.9 Å². The quantitative estimate of drug-likeness (QED) is 0.384. The highest BCUT2D eigenvalue weighted by Gasteiger charge is 2.21. The van der Waals surface area contributed by atoms with Crippen LogP contribution >= 0.6 is 11.6 Å². The minimum absolute atomic E-state index is 0.290. The Labute approximate surface area is 210 Å². The number of rotatable bonds is 11. The first-order valence-corrected chi connectivity index (χ1v) is 11.6. The van der Waals surface area contributed by atoms with Crippen LogP contribution in [-0.2, 0) is 11.2 Å². The van der Waals surface area contributed by atoms with E-state index >= 15 is 0 Å². The smallest absolute Gasteiger partial charge is 0.265 e. The molecule has 7 nitrogen and oxygen atoms in total. The third-order valence-electron chi connectivity index (χ3n) is 5.35. The molecule has 0 saturated carbocycles. The normalized spacial score (nSPS) is 11.3. The monoisotopic (exact) mass is 496 g/mol. The number of nitrogens with one attached hydrogen (secondary N) is 2. The number of amides is 2. The molecular weight excluding hydrogens is 468 g/mol. The molecule has 0 bridgehead atoms. The summed E-state index contributed by atoms with van der Waals surface area (Å²) in [6.45, 7) is 2.25. The summed E-state index contributed by atoms with van der Waals surface area (Å²) < 4.78 is 16.4. The van der Waals surface area contributed by atoms with Crippen molar-refractivity contribution in [3.05, 3.63) is 82.9 Å². The van der Waals surface area contributed by atoms with Crippen molar-refractivity contribution in [3.63, 3.8) is 0 Å². The zero-order valence-electron chi connectivity index (χ0n) is 20.0. The van der Waals surface area contributed by atoms with Crippen LogP contribution < -0.4 is 24.8 Å². The van der Waals surface area contributed by atoms with E-state index < -0.39 is 6.10 Å².